The highest BCUT2D eigenvalue weighted by Gasteiger charge is 2.15. The molecule has 0 aliphatic rings. The van der Waals surface area contributed by atoms with Crippen LogP contribution in [0.15, 0.2) is 24.3 Å². The zero-order valence-electron chi connectivity index (χ0n) is 14.7. The van der Waals surface area contributed by atoms with Crippen LogP contribution in [0.2, 0.25) is 0 Å². The molecule has 1 amide bonds. The van der Waals surface area contributed by atoms with Crippen LogP contribution >= 0.6 is 0 Å². The normalized spacial score (nSPS) is 11.2. The second kappa shape index (κ2) is 8.56. The van der Waals surface area contributed by atoms with E-state index in [0.29, 0.717) is 23.8 Å². The molecule has 1 aromatic rings. The molecule has 0 fully saturated rings. The molecule has 5 nitrogen and oxygen atoms in total. The van der Waals surface area contributed by atoms with Crippen LogP contribution in [0.5, 0.6) is 0 Å². The Morgan fingerprint density at radius 1 is 1.22 bits per heavy atom. The van der Waals surface area contributed by atoms with Crippen LogP contribution < -0.4 is 10.6 Å². The number of rotatable bonds is 7. The smallest absolute Gasteiger partial charge is 0.325 e. The van der Waals surface area contributed by atoms with E-state index >= 15 is 0 Å². The highest BCUT2D eigenvalue weighted by molar-refractivity contribution is 5.95. The summed E-state index contributed by atoms with van der Waals surface area (Å²) in [6, 6.07) is 7.06. The Bertz CT molecular complexity index is 533. The largest absolute Gasteiger partial charge is 0.464 e. The lowest BCUT2D eigenvalue weighted by molar-refractivity contribution is -0.141. The van der Waals surface area contributed by atoms with Gasteiger partial charge < -0.3 is 15.4 Å². The predicted octanol–water partition coefficient (Wildman–Crippen LogP) is 3.22. The zero-order chi connectivity index (χ0) is 17.5. The topological polar surface area (TPSA) is 67.4 Å². The Morgan fingerprint density at radius 2 is 1.91 bits per heavy atom. The predicted molar refractivity (Wildman–Crippen MR) is 92.6 cm³/mol. The standard InChI is InChI=1S/C18H28N2O3/c1-13(2)9-10-23-16(21)12-19-15-8-6-7-14(11-15)17(22)20-18(3,4)5/h6-8,11,13,19H,9-10,12H2,1-5H3,(H,20,22). The van der Waals surface area contributed by atoms with Gasteiger partial charge in [0.05, 0.1) is 6.61 Å². The van der Waals surface area contributed by atoms with Crippen LogP contribution in [-0.4, -0.2) is 30.6 Å². The fourth-order valence-electron chi connectivity index (χ4n) is 1.82. The number of nitrogens with one attached hydrogen (secondary N) is 2. The lowest BCUT2D eigenvalue weighted by Gasteiger charge is -2.20. The summed E-state index contributed by atoms with van der Waals surface area (Å²) in [5.74, 6) is 0.0737. The zero-order valence-corrected chi connectivity index (χ0v) is 14.7. The van der Waals surface area contributed by atoms with Crippen molar-refractivity contribution in [3.63, 3.8) is 0 Å². The maximum Gasteiger partial charge on any atom is 0.325 e. The first-order valence-corrected chi connectivity index (χ1v) is 7.99. The van der Waals surface area contributed by atoms with Crippen LogP contribution in [0.1, 0.15) is 51.4 Å². The van der Waals surface area contributed by atoms with E-state index in [1.165, 1.54) is 0 Å². The lowest BCUT2D eigenvalue weighted by atomic mass is 10.1. The molecule has 0 heterocycles. The molecule has 128 valence electrons. The van der Waals surface area contributed by atoms with Gasteiger partial charge in [-0.2, -0.15) is 0 Å². The highest BCUT2D eigenvalue weighted by Crippen LogP contribution is 2.12. The summed E-state index contributed by atoms with van der Waals surface area (Å²) >= 11 is 0. The Morgan fingerprint density at radius 3 is 2.52 bits per heavy atom. The molecule has 0 atom stereocenters. The van der Waals surface area contributed by atoms with Crippen LogP contribution in [0.25, 0.3) is 0 Å². The maximum absolute atomic E-state index is 12.1. The van der Waals surface area contributed by atoms with Crippen molar-refractivity contribution in [1.29, 1.82) is 0 Å². The van der Waals surface area contributed by atoms with Gasteiger partial charge in [0.1, 0.15) is 6.54 Å². The molecule has 0 radical (unpaired) electrons. The second-order valence-corrected chi connectivity index (χ2v) is 7.04. The van der Waals surface area contributed by atoms with E-state index in [-0.39, 0.29) is 24.0 Å². The third-order valence-corrected chi connectivity index (χ3v) is 3.01. The number of anilines is 1. The molecule has 0 aliphatic heterocycles. The van der Waals surface area contributed by atoms with Crippen LogP contribution in [0.4, 0.5) is 5.69 Å². The van der Waals surface area contributed by atoms with Gasteiger partial charge in [0.25, 0.3) is 5.91 Å². The van der Waals surface area contributed by atoms with E-state index in [9.17, 15) is 9.59 Å². The molecule has 0 bridgehead atoms. The van der Waals surface area contributed by atoms with E-state index in [1.807, 2.05) is 26.8 Å². The van der Waals surface area contributed by atoms with Gasteiger partial charge >= 0.3 is 5.97 Å². The van der Waals surface area contributed by atoms with Gasteiger partial charge in [-0.1, -0.05) is 19.9 Å². The fraction of sp³-hybridized carbons (Fsp3) is 0.556. The first kappa shape index (κ1) is 19.0. The lowest BCUT2D eigenvalue weighted by Crippen LogP contribution is -2.40. The molecular formula is C18H28N2O3. The first-order valence-electron chi connectivity index (χ1n) is 7.99. The van der Waals surface area contributed by atoms with E-state index < -0.39 is 0 Å². The summed E-state index contributed by atoms with van der Waals surface area (Å²) in [5.41, 5.74) is 0.978. The van der Waals surface area contributed by atoms with Crippen molar-refractivity contribution in [1.82, 2.24) is 5.32 Å². The minimum absolute atomic E-state index is 0.0858. The van der Waals surface area contributed by atoms with E-state index in [4.69, 9.17) is 4.74 Å². The number of benzene rings is 1. The van der Waals surface area contributed by atoms with Crippen molar-refractivity contribution >= 4 is 17.6 Å². The molecule has 0 spiro atoms. The van der Waals surface area contributed by atoms with Crippen molar-refractivity contribution in [2.75, 3.05) is 18.5 Å². The minimum Gasteiger partial charge on any atom is -0.464 e. The molecule has 0 unspecified atom stereocenters. The molecule has 0 aromatic heterocycles. The number of carbonyl (C=O) groups is 2. The van der Waals surface area contributed by atoms with E-state index in [1.54, 1.807) is 18.2 Å². The Labute approximate surface area is 138 Å². The summed E-state index contributed by atoms with van der Waals surface area (Å²) < 4.78 is 5.14. The van der Waals surface area contributed by atoms with Crippen LogP contribution in [0, 0.1) is 5.92 Å². The second-order valence-electron chi connectivity index (χ2n) is 7.04. The Kier molecular flexibility index (Phi) is 7.07. The molecule has 0 saturated carbocycles. The van der Waals surface area contributed by atoms with Crippen molar-refractivity contribution < 1.29 is 14.3 Å². The summed E-state index contributed by atoms with van der Waals surface area (Å²) in [4.78, 5) is 23.8. The Balaban J connectivity index is 2.51. The number of esters is 1. The van der Waals surface area contributed by atoms with Gasteiger partial charge in [-0.25, -0.2) is 0 Å². The number of amides is 1. The minimum atomic E-state index is -0.296. The van der Waals surface area contributed by atoms with Gasteiger partial charge in [-0.05, 0) is 51.3 Å². The van der Waals surface area contributed by atoms with Gasteiger partial charge in [0.15, 0.2) is 0 Å². The molecule has 1 aromatic carbocycles. The van der Waals surface area contributed by atoms with Crippen molar-refractivity contribution in [3.05, 3.63) is 29.8 Å². The average Bonchev–Trinajstić information content (AvgIpc) is 2.43. The third-order valence-electron chi connectivity index (χ3n) is 3.01. The number of hydrogen-bond acceptors (Lipinski definition) is 4. The number of hydrogen-bond donors (Lipinski definition) is 2. The summed E-state index contributed by atoms with van der Waals surface area (Å²) in [7, 11) is 0. The SMILES string of the molecule is CC(C)CCOC(=O)CNc1cccc(C(=O)NC(C)(C)C)c1. The van der Waals surface area contributed by atoms with Crippen molar-refractivity contribution in [2.24, 2.45) is 5.92 Å². The molecule has 5 heteroatoms. The number of carbonyl (C=O) groups excluding carboxylic acids is 2. The number of ether oxygens (including phenoxy) is 1. The van der Waals surface area contributed by atoms with Crippen molar-refractivity contribution in [3.8, 4) is 0 Å². The van der Waals surface area contributed by atoms with Gasteiger partial charge in [0.2, 0.25) is 0 Å². The first-order chi connectivity index (χ1) is 10.7. The molecule has 1 rings (SSSR count). The Hall–Kier alpha value is -2.04. The van der Waals surface area contributed by atoms with Crippen molar-refractivity contribution in [2.45, 2.75) is 46.6 Å². The maximum atomic E-state index is 12.1. The summed E-state index contributed by atoms with van der Waals surface area (Å²) in [6.45, 7) is 10.5. The average molecular weight is 320 g/mol. The summed E-state index contributed by atoms with van der Waals surface area (Å²) in [5, 5.41) is 5.89. The summed E-state index contributed by atoms with van der Waals surface area (Å²) in [6.07, 6.45) is 0.855. The molecule has 2 N–H and O–H groups in total. The van der Waals surface area contributed by atoms with Gasteiger partial charge in [0, 0.05) is 16.8 Å². The monoisotopic (exact) mass is 320 g/mol. The highest BCUT2D eigenvalue weighted by atomic mass is 16.5. The van der Waals surface area contributed by atoms with E-state index in [0.717, 1.165) is 6.42 Å². The fourth-order valence-corrected chi connectivity index (χ4v) is 1.82. The molecule has 0 saturated heterocycles. The third kappa shape index (κ3) is 8.24. The van der Waals surface area contributed by atoms with Crippen LogP contribution in [0.3, 0.4) is 0 Å². The van der Waals surface area contributed by atoms with Crippen LogP contribution in [-0.2, 0) is 9.53 Å². The molecular weight excluding hydrogens is 292 g/mol. The van der Waals surface area contributed by atoms with E-state index in [2.05, 4.69) is 24.5 Å². The van der Waals surface area contributed by atoms with Gasteiger partial charge in [-0.3, -0.25) is 9.59 Å². The van der Waals surface area contributed by atoms with Gasteiger partial charge in [-0.15, -0.1) is 0 Å². The quantitative estimate of drug-likeness (QED) is 0.757. The molecule has 23 heavy (non-hydrogen) atoms. The molecule has 0 aliphatic carbocycles.